The average molecular weight is 328 g/mol. The Hall–Kier alpha value is -1.23. The zero-order chi connectivity index (χ0) is 14.7. The van der Waals surface area contributed by atoms with Crippen LogP contribution in [0.4, 0.5) is 0 Å². The van der Waals surface area contributed by atoms with Crippen molar-refractivity contribution >= 4 is 40.7 Å². The first-order valence-electron chi connectivity index (χ1n) is 5.74. The molecule has 1 aromatic heterocycles. The van der Waals surface area contributed by atoms with Gasteiger partial charge in [0.05, 0.1) is 10.6 Å². The van der Waals surface area contributed by atoms with Crippen molar-refractivity contribution in [2.45, 2.75) is 17.7 Å². The summed E-state index contributed by atoms with van der Waals surface area (Å²) in [5.41, 5.74) is 0.801. The van der Waals surface area contributed by atoms with Crippen LogP contribution in [0.25, 0.3) is 0 Å². The fourth-order valence-corrected chi connectivity index (χ4v) is 3.04. The second kappa shape index (κ2) is 6.48. The molecule has 0 aliphatic rings. The molecule has 0 aliphatic heterocycles. The number of phenols is 1. The molecular weight excluding hydrogens is 317 g/mol. The fraction of sp³-hybridized carbons (Fsp3) is 0.143. The van der Waals surface area contributed by atoms with E-state index in [1.807, 2.05) is 0 Å². The highest BCUT2D eigenvalue weighted by atomic mass is 35.5. The molecule has 104 valence electrons. The molecule has 0 radical (unpaired) electrons. The number of hydrogen-bond acceptors (Lipinski definition) is 4. The number of Topliss-reactive ketones (excluding diaryl/α,β-unsaturated/α-hetero) is 1. The minimum atomic E-state index is -0.230. The summed E-state index contributed by atoms with van der Waals surface area (Å²) in [5.74, 6) is 0.150. The molecule has 1 aromatic carbocycles. The Morgan fingerprint density at radius 3 is 2.80 bits per heavy atom. The number of halogens is 2. The standard InChI is InChI=1S/C14H11Cl2NO2S/c1-8(18)11-6-10(15)5-9(13(11)19)7-20-14-12(16)3-2-4-17-14/h2-6,19H,7H2,1H3. The fourth-order valence-electron chi connectivity index (χ4n) is 1.66. The highest BCUT2D eigenvalue weighted by molar-refractivity contribution is 7.98. The second-order valence-corrected chi connectivity index (χ2v) is 5.90. The molecule has 6 heteroatoms. The van der Waals surface area contributed by atoms with Gasteiger partial charge < -0.3 is 5.11 Å². The van der Waals surface area contributed by atoms with Crippen molar-refractivity contribution in [1.82, 2.24) is 4.98 Å². The summed E-state index contributed by atoms with van der Waals surface area (Å²) in [5, 5.41) is 11.7. The third-order valence-electron chi connectivity index (χ3n) is 2.62. The van der Waals surface area contributed by atoms with E-state index in [2.05, 4.69) is 4.98 Å². The lowest BCUT2D eigenvalue weighted by molar-refractivity contribution is 0.101. The van der Waals surface area contributed by atoms with Gasteiger partial charge in [0.15, 0.2) is 5.78 Å². The quantitative estimate of drug-likeness (QED) is 0.659. The van der Waals surface area contributed by atoms with Crippen molar-refractivity contribution < 1.29 is 9.90 Å². The SMILES string of the molecule is CC(=O)c1cc(Cl)cc(CSc2ncccc2Cl)c1O. The number of carbonyl (C=O) groups excluding carboxylic acids is 1. The normalized spacial score (nSPS) is 10.6. The average Bonchev–Trinajstić information content (AvgIpc) is 2.40. The van der Waals surface area contributed by atoms with Gasteiger partial charge in [0.25, 0.3) is 0 Å². The van der Waals surface area contributed by atoms with E-state index in [0.29, 0.717) is 26.4 Å². The number of ketones is 1. The number of benzene rings is 1. The predicted octanol–water partition coefficient (Wildman–Crippen LogP) is 4.59. The van der Waals surface area contributed by atoms with Gasteiger partial charge in [0.1, 0.15) is 10.8 Å². The zero-order valence-electron chi connectivity index (χ0n) is 10.6. The summed E-state index contributed by atoms with van der Waals surface area (Å²) in [7, 11) is 0. The number of rotatable bonds is 4. The predicted molar refractivity (Wildman–Crippen MR) is 81.9 cm³/mol. The minimum absolute atomic E-state index is 0.0403. The molecule has 3 nitrogen and oxygen atoms in total. The molecule has 0 bridgehead atoms. The number of nitrogens with zero attached hydrogens (tertiary/aromatic N) is 1. The number of aromatic nitrogens is 1. The van der Waals surface area contributed by atoms with Crippen molar-refractivity contribution in [3.63, 3.8) is 0 Å². The summed E-state index contributed by atoms with van der Waals surface area (Å²) in [6, 6.07) is 6.58. The smallest absolute Gasteiger partial charge is 0.163 e. The van der Waals surface area contributed by atoms with E-state index in [9.17, 15) is 9.90 Å². The lowest BCUT2D eigenvalue weighted by atomic mass is 10.1. The summed E-state index contributed by atoms with van der Waals surface area (Å²) in [6.45, 7) is 1.39. The molecule has 0 amide bonds. The molecule has 2 rings (SSSR count). The van der Waals surface area contributed by atoms with E-state index in [4.69, 9.17) is 23.2 Å². The third kappa shape index (κ3) is 3.45. The van der Waals surface area contributed by atoms with Crippen LogP contribution in [0.5, 0.6) is 5.75 Å². The largest absolute Gasteiger partial charge is 0.507 e. The molecular formula is C14H11Cl2NO2S. The number of carbonyl (C=O) groups is 1. The first kappa shape index (κ1) is 15.2. The topological polar surface area (TPSA) is 50.2 Å². The monoisotopic (exact) mass is 327 g/mol. The Morgan fingerprint density at radius 1 is 1.40 bits per heavy atom. The van der Waals surface area contributed by atoms with Crippen LogP contribution in [0.2, 0.25) is 10.0 Å². The number of phenolic OH excluding ortho intramolecular Hbond substituents is 1. The van der Waals surface area contributed by atoms with E-state index in [0.717, 1.165) is 0 Å². The number of pyridine rings is 1. The van der Waals surface area contributed by atoms with Gasteiger partial charge in [0, 0.05) is 22.5 Å². The first-order valence-corrected chi connectivity index (χ1v) is 7.49. The third-order valence-corrected chi connectivity index (χ3v) is 4.31. The highest BCUT2D eigenvalue weighted by Gasteiger charge is 2.14. The molecule has 0 fully saturated rings. The Balaban J connectivity index is 2.26. The number of thioether (sulfide) groups is 1. The molecule has 2 aromatic rings. The first-order chi connectivity index (χ1) is 9.49. The Kier molecular flexibility index (Phi) is 4.91. The van der Waals surface area contributed by atoms with Crippen molar-refractivity contribution in [1.29, 1.82) is 0 Å². The minimum Gasteiger partial charge on any atom is -0.507 e. The van der Waals surface area contributed by atoms with Crippen LogP contribution in [0.1, 0.15) is 22.8 Å². The van der Waals surface area contributed by atoms with Crippen LogP contribution in [0.3, 0.4) is 0 Å². The highest BCUT2D eigenvalue weighted by Crippen LogP contribution is 2.34. The van der Waals surface area contributed by atoms with Gasteiger partial charge in [-0.2, -0.15) is 0 Å². The van der Waals surface area contributed by atoms with Crippen LogP contribution in [-0.2, 0) is 5.75 Å². The molecule has 0 aliphatic carbocycles. The lowest BCUT2D eigenvalue weighted by Crippen LogP contribution is -1.96. The van der Waals surface area contributed by atoms with E-state index in [1.165, 1.54) is 24.8 Å². The van der Waals surface area contributed by atoms with Crippen LogP contribution in [0.15, 0.2) is 35.5 Å². The van der Waals surface area contributed by atoms with Gasteiger partial charge in [0.2, 0.25) is 0 Å². The van der Waals surface area contributed by atoms with Crippen molar-refractivity contribution in [3.8, 4) is 5.75 Å². The summed E-state index contributed by atoms with van der Waals surface area (Å²) < 4.78 is 0. The van der Waals surface area contributed by atoms with E-state index < -0.39 is 0 Å². The van der Waals surface area contributed by atoms with Crippen LogP contribution in [-0.4, -0.2) is 15.9 Å². The van der Waals surface area contributed by atoms with E-state index >= 15 is 0 Å². The molecule has 0 atom stereocenters. The maximum atomic E-state index is 11.4. The van der Waals surface area contributed by atoms with Crippen molar-refractivity contribution in [2.24, 2.45) is 0 Å². The number of hydrogen-bond donors (Lipinski definition) is 1. The molecule has 20 heavy (non-hydrogen) atoms. The maximum Gasteiger partial charge on any atom is 0.163 e. The van der Waals surface area contributed by atoms with E-state index in [-0.39, 0.29) is 17.1 Å². The van der Waals surface area contributed by atoms with Gasteiger partial charge in [-0.3, -0.25) is 4.79 Å². The molecule has 1 heterocycles. The lowest BCUT2D eigenvalue weighted by Gasteiger charge is -2.09. The summed E-state index contributed by atoms with van der Waals surface area (Å²) >= 11 is 13.4. The Morgan fingerprint density at radius 2 is 2.15 bits per heavy atom. The second-order valence-electron chi connectivity index (χ2n) is 4.10. The van der Waals surface area contributed by atoms with Gasteiger partial charge in [-0.05, 0) is 31.2 Å². The summed E-state index contributed by atoms with van der Waals surface area (Å²) in [4.78, 5) is 15.6. The molecule has 1 N–H and O–H groups in total. The molecule has 0 unspecified atom stereocenters. The van der Waals surface area contributed by atoms with Gasteiger partial charge in [-0.1, -0.05) is 23.2 Å². The van der Waals surface area contributed by atoms with Crippen LogP contribution < -0.4 is 0 Å². The summed E-state index contributed by atoms with van der Waals surface area (Å²) in [6.07, 6.45) is 1.65. The van der Waals surface area contributed by atoms with Gasteiger partial charge in [-0.15, -0.1) is 11.8 Å². The van der Waals surface area contributed by atoms with Crippen molar-refractivity contribution in [3.05, 3.63) is 51.6 Å². The molecule has 0 spiro atoms. The zero-order valence-corrected chi connectivity index (χ0v) is 12.9. The van der Waals surface area contributed by atoms with Crippen molar-refractivity contribution in [2.75, 3.05) is 0 Å². The maximum absolute atomic E-state index is 11.4. The van der Waals surface area contributed by atoms with Crippen LogP contribution >= 0.6 is 35.0 Å². The Bertz CT molecular complexity index is 662. The van der Waals surface area contributed by atoms with Gasteiger partial charge >= 0.3 is 0 Å². The van der Waals surface area contributed by atoms with E-state index in [1.54, 1.807) is 24.4 Å². The number of aromatic hydroxyl groups is 1. The molecule has 0 saturated carbocycles. The van der Waals surface area contributed by atoms with Crippen LogP contribution in [0, 0.1) is 0 Å². The Labute approximate surface area is 130 Å². The van der Waals surface area contributed by atoms with Gasteiger partial charge in [-0.25, -0.2) is 4.98 Å². The molecule has 0 saturated heterocycles.